The maximum Gasteiger partial charge on any atom is 0.209 e. The summed E-state index contributed by atoms with van der Waals surface area (Å²) in [5.74, 6) is -4.53. The number of carbonyl (C=O) groups is 3. The Morgan fingerprint density at radius 2 is 1.65 bits per heavy atom. The van der Waals surface area contributed by atoms with Crippen LogP contribution in [0, 0.1) is 34.4 Å². The molecule has 54 heavy (non-hydrogen) atoms. The molecule has 1 unspecified atom stereocenters. The van der Waals surface area contributed by atoms with Gasteiger partial charge in [0.1, 0.15) is 28.7 Å². The van der Waals surface area contributed by atoms with E-state index in [0.717, 1.165) is 55.7 Å². The highest BCUT2D eigenvalue weighted by atomic mass is 19.1. The largest absolute Gasteiger partial charge is 0.511 e. The molecule has 0 heterocycles. The van der Waals surface area contributed by atoms with Gasteiger partial charge in [0.05, 0.1) is 5.56 Å². The van der Waals surface area contributed by atoms with Gasteiger partial charge < -0.3 is 20.4 Å². The number of ketones is 3. The van der Waals surface area contributed by atoms with Crippen molar-refractivity contribution >= 4 is 22.9 Å². The van der Waals surface area contributed by atoms with E-state index in [1.165, 1.54) is 11.6 Å². The van der Waals surface area contributed by atoms with Crippen molar-refractivity contribution < 1.29 is 39.2 Å². The number of hydrogen-bond donors (Lipinski definition) is 4. The van der Waals surface area contributed by atoms with E-state index in [0.29, 0.717) is 23.5 Å². The van der Waals surface area contributed by atoms with Crippen LogP contribution in [0.25, 0.3) is 5.57 Å². The number of hydrogen-bond acceptors (Lipinski definition) is 7. The zero-order valence-electron chi connectivity index (χ0n) is 32.5. The number of phenolic OH excluding ortho intramolecular Hbond substituents is 1. The first-order valence-electron chi connectivity index (χ1n) is 19.6. The SMILES string of the molecule is CC(=O)C1=C(O)C(C(C)C)[C@@]2(C)C[C@@]3(C)Cc4c(C(C)C)cc(C5=CC=C(CC6CCC(c7ccccc7F)CC6)C5)c(O)c4C(=O)C3=C(O)[C@@]2(O)C1=O. The molecule has 7 nitrogen and oxygen atoms in total. The first-order valence-corrected chi connectivity index (χ1v) is 19.6. The molecule has 7 rings (SSSR count). The summed E-state index contributed by atoms with van der Waals surface area (Å²) in [4.78, 5) is 41.7. The van der Waals surface area contributed by atoms with Crippen LogP contribution in [0.1, 0.15) is 138 Å². The van der Waals surface area contributed by atoms with Crippen LogP contribution in [0.2, 0.25) is 0 Å². The number of aliphatic hydroxyl groups excluding tert-OH is 2. The summed E-state index contributed by atoms with van der Waals surface area (Å²) in [7, 11) is 0. The standard InChI is InChI=1S/C46H53FO7/c1-23(2)31-20-32(29-17-14-27(19-29)18-26-12-15-28(16-13-26)30-10-8-9-11-34(30)47)39(49)36-33(31)21-44(6)22-45(7)37(24(3)4)40(50)35(25(5)48)42(52)46(45,54)43(53)38(44)41(36)51/h8-11,14,17,20,23-24,26,28,37,49-50,53-54H,12-13,15-16,18-19,21-22H2,1-7H3/t26?,28?,37?,44-,45-,46+/m1/s1. The summed E-state index contributed by atoms with van der Waals surface area (Å²) in [6.07, 6.45) is 9.84. The predicted octanol–water partition coefficient (Wildman–Crippen LogP) is 9.69. The summed E-state index contributed by atoms with van der Waals surface area (Å²) in [5, 5.41) is 48.0. The van der Waals surface area contributed by atoms with Gasteiger partial charge in [-0.15, -0.1) is 0 Å². The molecule has 5 aliphatic rings. The molecule has 0 bridgehead atoms. The predicted molar refractivity (Wildman–Crippen MR) is 206 cm³/mol. The topological polar surface area (TPSA) is 132 Å². The van der Waals surface area contributed by atoms with E-state index < -0.39 is 56.8 Å². The average molecular weight is 737 g/mol. The number of fused-ring (bicyclic) bond motifs is 3. The molecule has 2 aromatic rings. The van der Waals surface area contributed by atoms with E-state index in [4.69, 9.17) is 0 Å². The van der Waals surface area contributed by atoms with Crippen LogP contribution in [0.5, 0.6) is 5.75 Å². The highest BCUT2D eigenvalue weighted by molar-refractivity contribution is 6.25. The lowest BCUT2D eigenvalue weighted by Gasteiger charge is -2.59. The molecule has 1 fully saturated rings. The van der Waals surface area contributed by atoms with Crippen molar-refractivity contribution in [3.63, 3.8) is 0 Å². The Morgan fingerprint density at radius 3 is 2.26 bits per heavy atom. The second-order valence-electron chi connectivity index (χ2n) is 18.0. The van der Waals surface area contributed by atoms with Crippen molar-refractivity contribution in [2.75, 3.05) is 0 Å². The van der Waals surface area contributed by atoms with Crippen LogP contribution in [0.15, 0.2) is 70.7 Å². The number of Topliss-reactive ketones (excluding diaryl/α,β-unsaturated/α-hetero) is 3. The second-order valence-corrected chi connectivity index (χ2v) is 18.0. The number of aromatic hydroxyl groups is 1. The minimum atomic E-state index is -2.65. The van der Waals surface area contributed by atoms with Crippen molar-refractivity contribution in [1.29, 1.82) is 0 Å². The van der Waals surface area contributed by atoms with E-state index in [-0.39, 0.29) is 53.3 Å². The summed E-state index contributed by atoms with van der Waals surface area (Å²) >= 11 is 0. The number of benzene rings is 2. The van der Waals surface area contributed by atoms with E-state index in [2.05, 4.69) is 6.08 Å². The lowest BCUT2D eigenvalue weighted by molar-refractivity contribution is -0.171. The Hall–Kier alpha value is -4.30. The molecule has 0 spiro atoms. The van der Waals surface area contributed by atoms with E-state index in [1.807, 2.05) is 58.9 Å². The van der Waals surface area contributed by atoms with Crippen molar-refractivity contribution in [3.8, 4) is 5.75 Å². The molecule has 0 aromatic heterocycles. The molecule has 1 saturated carbocycles. The van der Waals surface area contributed by atoms with Crippen LogP contribution in [-0.2, 0) is 16.0 Å². The summed E-state index contributed by atoms with van der Waals surface area (Å²) in [6.45, 7) is 12.4. The maximum absolute atomic E-state index is 14.8. The van der Waals surface area contributed by atoms with Crippen LogP contribution in [-0.4, -0.2) is 43.4 Å². The van der Waals surface area contributed by atoms with Gasteiger partial charge >= 0.3 is 0 Å². The van der Waals surface area contributed by atoms with Gasteiger partial charge in [-0.05, 0) is 116 Å². The van der Waals surface area contributed by atoms with Gasteiger partial charge in [-0.3, -0.25) is 14.4 Å². The Morgan fingerprint density at radius 1 is 0.981 bits per heavy atom. The Kier molecular flexibility index (Phi) is 9.27. The zero-order chi connectivity index (χ0) is 39.2. The van der Waals surface area contributed by atoms with Crippen molar-refractivity contribution in [1.82, 2.24) is 0 Å². The van der Waals surface area contributed by atoms with Crippen molar-refractivity contribution in [2.24, 2.45) is 28.6 Å². The van der Waals surface area contributed by atoms with Gasteiger partial charge in [-0.25, -0.2) is 4.39 Å². The quantitative estimate of drug-likeness (QED) is 0.208. The molecule has 0 aliphatic heterocycles. The zero-order valence-corrected chi connectivity index (χ0v) is 32.5. The van der Waals surface area contributed by atoms with Gasteiger partial charge in [-0.1, -0.05) is 77.5 Å². The average Bonchev–Trinajstić information content (AvgIpc) is 3.54. The first-order chi connectivity index (χ1) is 25.4. The lowest BCUT2D eigenvalue weighted by Crippen LogP contribution is -2.67. The highest BCUT2D eigenvalue weighted by Gasteiger charge is 2.71. The van der Waals surface area contributed by atoms with E-state index >= 15 is 0 Å². The second kappa shape index (κ2) is 13.2. The third-order valence-electron chi connectivity index (χ3n) is 13.7. The van der Waals surface area contributed by atoms with E-state index in [9.17, 15) is 39.2 Å². The third-order valence-corrected chi connectivity index (χ3v) is 13.7. The van der Waals surface area contributed by atoms with Crippen LogP contribution < -0.4 is 0 Å². The first kappa shape index (κ1) is 38.0. The Bertz CT molecular complexity index is 2110. The molecule has 4 atom stereocenters. The molecular formula is C46H53FO7. The molecule has 286 valence electrons. The third kappa shape index (κ3) is 5.49. The summed E-state index contributed by atoms with van der Waals surface area (Å²) in [5.41, 5.74) is -0.754. The Labute approximate surface area is 317 Å². The van der Waals surface area contributed by atoms with Gasteiger partial charge in [0, 0.05) is 27.9 Å². The van der Waals surface area contributed by atoms with Crippen molar-refractivity contribution in [3.05, 3.63) is 104 Å². The fourth-order valence-corrected chi connectivity index (χ4v) is 11.3. The molecule has 4 N–H and O–H groups in total. The number of rotatable bonds is 7. The number of carbonyl (C=O) groups excluding carboxylic acids is 3. The number of halogens is 1. The van der Waals surface area contributed by atoms with Crippen LogP contribution in [0.4, 0.5) is 4.39 Å². The fourth-order valence-electron chi connectivity index (χ4n) is 11.3. The minimum absolute atomic E-state index is 0.0198. The summed E-state index contributed by atoms with van der Waals surface area (Å²) < 4.78 is 14.5. The molecule has 0 radical (unpaired) electrons. The fraction of sp³-hybridized carbons (Fsp3) is 0.500. The van der Waals surface area contributed by atoms with Gasteiger partial charge in [0.15, 0.2) is 17.2 Å². The minimum Gasteiger partial charge on any atom is -0.511 e. The van der Waals surface area contributed by atoms with Gasteiger partial charge in [0.25, 0.3) is 0 Å². The lowest BCUT2D eigenvalue weighted by atomic mass is 9.44. The normalized spacial score (nSPS) is 31.1. The van der Waals surface area contributed by atoms with Crippen LogP contribution >= 0.6 is 0 Å². The summed E-state index contributed by atoms with van der Waals surface area (Å²) in [6, 6.07) is 9.05. The van der Waals surface area contributed by atoms with Crippen molar-refractivity contribution in [2.45, 2.75) is 117 Å². The molecule has 2 aromatic carbocycles. The van der Waals surface area contributed by atoms with Crippen LogP contribution in [0.3, 0.4) is 0 Å². The monoisotopic (exact) mass is 736 g/mol. The van der Waals surface area contributed by atoms with Gasteiger partial charge in [0.2, 0.25) is 5.78 Å². The molecule has 0 saturated heterocycles. The molecular weight excluding hydrogens is 683 g/mol. The maximum atomic E-state index is 14.8. The highest BCUT2D eigenvalue weighted by Crippen LogP contribution is 2.65. The Balaban J connectivity index is 1.22. The number of phenols is 1. The molecule has 8 heteroatoms. The molecule has 5 aliphatic carbocycles. The smallest absolute Gasteiger partial charge is 0.209 e. The molecule has 0 amide bonds. The van der Waals surface area contributed by atoms with E-state index in [1.54, 1.807) is 13.0 Å². The number of allylic oxidation sites excluding steroid dienone is 6. The number of aliphatic hydroxyl groups is 3. The van der Waals surface area contributed by atoms with Gasteiger partial charge in [-0.2, -0.15) is 0 Å².